The fraction of sp³-hybridized carbons (Fsp3) is 0.333. The third kappa shape index (κ3) is 5.34. The normalized spacial score (nSPS) is 19.9. The lowest BCUT2D eigenvalue weighted by molar-refractivity contribution is -0.117. The molecule has 3 rings (SSSR count). The number of benzene rings is 1. The predicted octanol–water partition coefficient (Wildman–Crippen LogP) is 3.61. The van der Waals surface area contributed by atoms with E-state index >= 15 is 0 Å². The highest BCUT2D eigenvalue weighted by Crippen LogP contribution is 2.22. The van der Waals surface area contributed by atoms with Crippen LogP contribution >= 0.6 is 0 Å². The Kier molecular flexibility index (Phi) is 6.25. The average molecular weight is 352 g/mol. The summed E-state index contributed by atoms with van der Waals surface area (Å²) in [5.74, 6) is 1.41. The molecule has 0 radical (unpaired) electrons. The van der Waals surface area contributed by atoms with Gasteiger partial charge in [-0.3, -0.25) is 4.79 Å². The Balaban J connectivity index is 1.42. The molecule has 0 saturated heterocycles. The number of rotatable bonds is 6. The summed E-state index contributed by atoms with van der Waals surface area (Å²) in [6.07, 6.45) is 8.97. The standard InChI is InChI=1S/C21H24N2O3/c1-25-18-10-5-16(6-11-18)7-14-20(24)23-17-8-12-19(13-9-17)26-21-4-2-3-15-22-21/h2-7,10-11,14-15,17,19H,8-9,12-13H2,1H3,(H,23,24)/b14-7+. The highest BCUT2D eigenvalue weighted by Gasteiger charge is 2.23. The van der Waals surface area contributed by atoms with Gasteiger partial charge in [0.05, 0.1) is 7.11 Å². The molecule has 0 spiro atoms. The van der Waals surface area contributed by atoms with Crippen molar-refractivity contribution in [3.8, 4) is 11.6 Å². The van der Waals surface area contributed by atoms with Crippen molar-refractivity contribution >= 4 is 12.0 Å². The van der Waals surface area contributed by atoms with Crippen LogP contribution in [0.5, 0.6) is 11.6 Å². The number of hydrogen-bond donors (Lipinski definition) is 1. The van der Waals surface area contributed by atoms with E-state index in [1.807, 2.05) is 48.5 Å². The van der Waals surface area contributed by atoms with Gasteiger partial charge in [-0.2, -0.15) is 0 Å². The number of nitrogens with zero attached hydrogens (tertiary/aromatic N) is 1. The molecule has 5 heteroatoms. The van der Waals surface area contributed by atoms with Gasteiger partial charge in [0, 0.05) is 24.4 Å². The number of hydrogen-bond acceptors (Lipinski definition) is 4. The van der Waals surface area contributed by atoms with Gasteiger partial charge in [0.2, 0.25) is 11.8 Å². The molecule has 2 aromatic rings. The summed E-state index contributed by atoms with van der Waals surface area (Å²) in [5, 5.41) is 3.07. The molecule has 0 aliphatic heterocycles. The van der Waals surface area contributed by atoms with Crippen molar-refractivity contribution in [2.45, 2.75) is 37.8 Å². The molecule has 1 fully saturated rings. The zero-order chi connectivity index (χ0) is 18.2. The highest BCUT2D eigenvalue weighted by molar-refractivity contribution is 5.91. The van der Waals surface area contributed by atoms with Crippen molar-refractivity contribution < 1.29 is 14.3 Å². The van der Waals surface area contributed by atoms with Gasteiger partial charge in [0.1, 0.15) is 11.9 Å². The third-order valence-corrected chi connectivity index (χ3v) is 4.49. The molecule has 1 heterocycles. The lowest BCUT2D eigenvalue weighted by atomic mass is 9.93. The first-order chi connectivity index (χ1) is 12.7. The molecule has 26 heavy (non-hydrogen) atoms. The van der Waals surface area contributed by atoms with Crippen LogP contribution in [0.15, 0.2) is 54.7 Å². The Bertz CT molecular complexity index is 721. The van der Waals surface area contributed by atoms with Crippen LogP contribution in [0.2, 0.25) is 0 Å². The minimum Gasteiger partial charge on any atom is -0.497 e. The van der Waals surface area contributed by atoms with E-state index in [9.17, 15) is 4.79 Å². The van der Waals surface area contributed by atoms with Crippen molar-refractivity contribution in [3.05, 3.63) is 60.3 Å². The van der Waals surface area contributed by atoms with Crippen LogP contribution in [0.25, 0.3) is 6.08 Å². The first kappa shape index (κ1) is 18.0. The Labute approximate surface area is 154 Å². The number of carbonyl (C=O) groups excluding carboxylic acids is 1. The van der Waals surface area contributed by atoms with Crippen LogP contribution in [0.1, 0.15) is 31.2 Å². The summed E-state index contributed by atoms with van der Waals surface area (Å²) in [4.78, 5) is 16.3. The number of methoxy groups -OCH3 is 1. The number of amides is 1. The van der Waals surface area contributed by atoms with E-state index in [2.05, 4.69) is 10.3 Å². The summed E-state index contributed by atoms with van der Waals surface area (Å²) in [6.45, 7) is 0. The van der Waals surface area contributed by atoms with Gasteiger partial charge in [-0.1, -0.05) is 18.2 Å². The molecule has 1 N–H and O–H groups in total. The van der Waals surface area contributed by atoms with Gasteiger partial charge in [0.25, 0.3) is 0 Å². The van der Waals surface area contributed by atoms with Crippen LogP contribution < -0.4 is 14.8 Å². The zero-order valence-electron chi connectivity index (χ0n) is 14.9. The van der Waals surface area contributed by atoms with Crippen LogP contribution in [0, 0.1) is 0 Å². The second-order valence-electron chi connectivity index (χ2n) is 6.37. The predicted molar refractivity (Wildman–Crippen MR) is 101 cm³/mol. The Morgan fingerprint density at radius 2 is 1.88 bits per heavy atom. The molecule has 1 amide bonds. The number of nitrogens with one attached hydrogen (secondary N) is 1. The lowest BCUT2D eigenvalue weighted by Gasteiger charge is -2.28. The van der Waals surface area contributed by atoms with Gasteiger partial charge < -0.3 is 14.8 Å². The van der Waals surface area contributed by atoms with Crippen LogP contribution in [-0.2, 0) is 4.79 Å². The Morgan fingerprint density at radius 3 is 2.54 bits per heavy atom. The SMILES string of the molecule is COc1ccc(/C=C/C(=O)NC2CCC(Oc3ccccn3)CC2)cc1. The topological polar surface area (TPSA) is 60.5 Å². The maximum absolute atomic E-state index is 12.1. The first-order valence-electron chi connectivity index (χ1n) is 8.93. The fourth-order valence-corrected chi connectivity index (χ4v) is 3.05. The first-order valence-corrected chi connectivity index (χ1v) is 8.93. The molecular weight excluding hydrogens is 328 g/mol. The summed E-state index contributed by atoms with van der Waals surface area (Å²) >= 11 is 0. The molecule has 1 saturated carbocycles. The molecule has 1 aliphatic carbocycles. The van der Waals surface area contributed by atoms with Crippen LogP contribution in [-0.4, -0.2) is 30.1 Å². The molecule has 136 valence electrons. The largest absolute Gasteiger partial charge is 0.497 e. The monoisotopic (exact) mass is 352 g/mol. The molecule has 1 aliphatic rings. The average Bonchev–Trinajstić information content (AvgIpc) is 2.69. The minimum absolute atomic E-state index is 0.0603. The van der Waals surface area contributed by atoms with Gasteiger partial charge in [-0.05, 0) is 55.5 Å². The molecular formula is C21H24N2O3. The lowest BCUT2D eigenvalue weighted by Crippen LogP contribution is -2.39. The second kappa shape index (κ2) is 9.04. The summed E-state index contributed by atoms with van der Waals surface area (Å²) < 4.78 is 11.0. The second-order valence-corrected chi connectivity index (χ2v) is 6.37. The van der Waals surface area contributed by atoms with E-state index < -0.39 is 0 Å². The summed E-state index contributed by atoms with van der Waals surface area (Å²) in [7, 11) is 1.63. The van der Waals surface area contributed by atoms with Crippen LogP contribution in [0.4, 0.5) is 0 Å². The van der Waals surface area contributed by atoms with Crippen molar-refractivity contribution in [2.75, 3.05) is 7.11 Å². The molecule has 0 atom stereocenters. The van der Waals surface area contributed by atoms with Gasteiger partial charge in [-0.15, -0.1) is 0 Å². The molecule has 1 aromatic heterocycles. The molecule has 1 aromatic carbocycles. The van der Waals surface area contributed by atoms with E-state index in [1.165, 1.54) is 0 Å². The van der Waals surface area contributed by atoms with Crippen molar-refractivity contribution in [2.24, 2.45) is 0 Å². The smallest absolute Gasteiger partial charge is 0.244 e. The Morgan fingerprint density at radius 1 is 1.12 bits per heavy atom. The van der Waals surface area contributed by atoms with E-state index in [4.69, 9.17) is 9.47 Å². The third-order valence-electron chi connectivity index (χ3n) is 4.49. The van der Waals surface area contributed by atoms with Gasteiger partial charge >= 0.3 is 0 Å². The van der Waals surface area contributed by atoms with E-state index in [0.29, 0.717) is 5.88 Å². The van der Waals surface area contributed by atoms with Crippen molar-refractivity contribution in [3.63, 3.8) is 0 Å². The van der Waals surface area contributed by atoms with Crippen LogP contribution in [0.3, 0.4) is 0 Å². The number of pyridine rings is 1. The quantitative estimate of drug-likeness (QED) is 0.807. The zero-order valence-corrected chi connectivity index (χ0v) is 14.9. The Hall–Kier alpha value is -2.82. The highest BCUT2D eigenvalue weighted by atomic mass is 16.5. The van der Waals surface area contributed by atoms with Crippen molar-refractivity contribution in [1.82, 2.24) is 10.3 Å². The molecule has 5 nitrogen and oxygen atoms in total. The number of carbonyl (C=O) groups is 1. The maximum Gasteiger partial charge on any atom is 0.244 e. The molecule has 0 unspecified atom stereocenters. The maximum atomic E-state index is 12.1. The molecule has 0 bridgehead atoms. The summed E-state index contributed by atoms with van der Waals surface area (Å²) in [6, 6.07) is 13.5. The fourth-order valence-electron chi connectivity index (χ4n) is 3.05. The number of aromatic nitrogens is 1. The minimum atomic E-state index is -0.0603. The van der Waals surface area contributed by atoms with Gasteiger partial charge in [0.15, 0.2) is 0 Å². The van der Waals surface area contributed by atoms with Gasteiger partial charge in [-0.25, -0.2) is 4.98 Å². The van der Waals surface area contributed by atoms with Crippen molar-refractivity contribution in [1.29, 1.82) is 0 Å². The van der Waals surface area contributed by atoms with E-state index in [1.54, 1.807) is 19.4 Å². The number of ether oxygens (including phenoxy) is 2. The summed E-state index contributed by atoms with van der Waals surface area (Å²) in [5.41, 5.74) is 0.966. The van der Waals surface area contributed by atoms with E-state index in [0.717, 1.165) is 37.0 Å². The van der Waals surface area contributed by atoms with E-state index in [-0.39, 0.29) is 18.1 Å².